The largest absolute Gasteiger partial charge is 0.457 e. The number of nitrogens with zero attached hydrogens (tertiary/aromatic N) is 3. The van der Waals surface area contributed by atoms with Gasteiger partial charge in [-0.15, -0.1) is 0 Å². The Hall–Kier alpha value is -5.16. The van der Waals surface area contributed by atoms with Crippen LogP contribution < -0.4 is 14.0 Å². The summed E-state index contributed by atoms with van der Waals surface area (Å²) in [5.41, 5.74) is 6.15. The molecule has 4 aromatic carbocycles. The highest BCUT2D eigenvalue weighted by molar-refractivity contribution is 5.72. The minimum atomic E-state index is -0.0728. The number of ether oxygens (including phenoxy) is 2. The zero-order chi connectivity index (χ0) is 29.1. The van der Waals surface area contributed by atoms with Crippen LogP contribution >= 0.6 is 0 Å². The molecule has 0 saturated carbocycles. The number of hydrogen-bond acceptors (Lipinski definition) is 3. The Morgan fingerprint density at radius 3 is 2.10 bits per heavy atom. The van der Waals surface area contributed by atoms with Crippen LogP contribution in [0, 0.1) is 0 Å². The predicted molar refractivity (Wildman–Crippen MR) is 167 cm³/mol. The zero-order valence-electron chi connectivity index (χ0n) is 24.4. The minimum absolute atomic E-state index is 0.0728. The molecule has 0 amide bonds. The van der Waals surface area contributed by atoms with Crippen molar-refractivity contribution in [1.29, 1.82) is 0 Å². The predicted octanol–water partition coefficient (Wildman–Crippen LogP) is 8.91. The molecule has 0 saturated heterocycles. The van der Waals surface area contributed by atoms with Crippen molar-refractivity contribution in [1.82, 2.24) is 9.55 Å². The summed E-state index contributed by atoms with van der Waals surface area (Å²) < 4.78 is 16.6. The Morgan fingerprint density at radius 2 is 1.33 bits per heavy atom. The molecule has 6 aromatic rings. The van der Waals surface area contributed by atoms with E-state index >= 15 is 0 Å². The topological polar surface area (TPSA) is 40.2 Å². The van der Waals surface area contributed by atoms with Gasteiger partial charge in [0, 0.05) is 17.8 Å². The number of benzene rings is 4. The summed E-state index contributed by atoms with van der Waals surface area (Å²) in [6.07, 6.45) is 7.93. The van der Waals surface area contributed by atoms with Crippen molar-refractivity contribution in [3.05, 3.63) is 140 Å². The van der Waals surface area contributed by atoms with Crippen LogP contribution in [0.15, 0.2) is 134 Å². The summed E-state index contributed by atoms with van der Waals surface area (Å²) in [5.74, 6) is 3.15. The fourth-order valence-corrected chi connectivity index (χ4v) is 4.82. The third-order valence-corrected chi connectivity index (χ3v) is 7.09. The molecule has 0 atom stereocenters. The Bertz CT molecular complexity index is 1830. The molecule has 208 valence electrons. The monoisotopic (exact) mass is 552 g/mol. The highest BCUT2D eigenvalue weighted by Gasteiger charge is 2.18. The molecular weight excluding hydrogens is 518 g/mol. The molecule has 0 unspecified atom stereocenters. The lowest BCUT2D eigenvalue weighted by Gasteiger charge is -2.21. The molecule has 2 aromatic heterocycles. The highest BCUT2D eigenvalue weighted by atomic mass is 16.5. The van der Waals surface area contributed by atoms with Crippen LogP contribution in [-0.2, 0) is 12.5 Å². The van der Waals surface area contributed by atoms with E-state index in [2.05, 4.69) is 67.8 Å². The number of hydrogen-bond donors (Lipinski definition) is 0. The standard InChI is InChI=1S/C37H34N3O2/c1-37(2,3)30-20-29(22-35(24-30)42-34-15-9-11-31(25-34)40-19-18-39(4)26-40)36-23-28(16-17-38-36)27-10-8-14-33(21-27)41-32-12-6-5-7-13-32/h5-26H,1-4H3/q+1. The summed E-state index contributed by atoms with van der Waals surface area (Å²) in [5, 5.41) is 0. The molecule has 0 spiro atoms. The Kier molecular flexibility index (Phi) is 7.32. The number of rotatable bonds is 7. The fourth-order valence-electron chi connectivity index (χ4n) is 4.82. The van der Waals surface area contributed by atoms with Crippen LogP contribution in [0.5, 0.6) is 23.0 Å². The van der Waals surface area contributed by atoms with E-state index in [1.807, 2.05) is 103 Å². The second-order valence-corrected chi connectivity index (χ2v) is 11.5. The zero-order valence-corrected chi connectivity index (χ0v) is 24.4. The minimum Gasteiger partial charge on any atom is -0.457 e. The van der Waals surface area contributed by atoms with E-state index in [-0.39, 0.29) is 5.41 Å². The van der Waals surface area contributed by atoms with Gasteiger partial charge in [0.1, 0.15) is 41.1 Å². The number of para-hydroxylation sites is 1. The van der Waals surface area contributed by atoms with Crippen LogP contribution in [0.3, 0.4) is 0 Å². The molecule has 0 N–H and O–H groups in total. The maximum atomic E-state index is 6.47. The van der Waals surface area contributed by atoms with Crippen molar-refractivity contribution in [3.63, 3.8) is 0 Å². The molecule has 5 nitrogen and oxygen atoms in total. The smallest absolute Gasteiger partial charge is 0.248 e. The van der Waals surface area contributed by atoms with Gasteiger partial charge in [-0.05, 0) is 88.8 Å². The summed E-state index contributed by atoms with van der Waals surface area (Å²) >= 11 is 0. The summed E-state index contributed by atoms with van der Waals surface area (Å²) in [6.45, 7) is 6.64. The van der Waals surface area contributed by atoms with Gasteiger partial charge in [0.25, 0.3) is 0 Å². The molecule has 0 bridgehead atoms. The lowest BCUT2D eigenvalue weighted by atomic mass is 9.85. The van der Waals surface area contributed by atoms with Crippen LogP contribution in [0.2, 0.25) is 0 Å². The number of aromatic nitrogens is 3. The van der Waals surface area contributed by atoms with Gasteiger partial charge in [0.15, 0.2) is 0 Å². The third kappa shape index (κ3) is 6.26. The summed E-state index contributed by atoms with van der Waals surface area (Å²) in [6, 6.07) is 36.6. The molecule has 0 fully saturated rings. The van der Waals surface area contributed by atoms with E-state index in [9.17, 15) is 0 Å². The van der Waals surface area contributed by atoms with E-state index in [0.29, 0.717) is 0 Å². The lowest BCUT2D eigenvalue weighted by molar-refractivity contribution is -0.670. The van der Waals surface area contributed by atoms with Crippen LogP contribution in [0.25, 0.3) is 28.1 Å². The van der Waals surface area contributed by atoms with Crippen LogP contribution in [0.4, 0.5) is 0 Å². The van der Waals surface area contributed by atoms with Crippen molar-refractivity contribution in [2.45, 2.75) is 26.2 Å². The van der Waals surface area contributed by atoms with Crippen molar-refractivity contribution < 1.29 is 14.0 Å². The van der Waals surface area contributed by atoms with E-state index in [0.717, 1.165) is 51.1 Å². The van der Waals surface area contributed by atoms with E-state index < -0.39 is 0 Å². The van der Waals surface area contributed by atoms with Gasteiger partial charge < -0.3 is 9.47 Å². The number of imidazole rings is 1. The molecular formula is C37H34N3O2+. The Morgan fingerprint density at radius 1 is 0.643 bits per heavy atom. The first-order valence-electron chi connectivity index (χ1n) is 14.1. The Labute approximate surface area is 247 Å². The number of pyridine rings is 1. The van der Waals surface area contributed by atoms with Gasteiger partial charge in [-0.2, -0.15) is 0 Å². The first-order chi connectivity index (χ1) is 20.3. The van der Waals surface area contributed by atoms with Gasteiger partial charge in [-0.25, -0.2) is 9.13 Å². The molecule has 2 heterocycles. The van der Waals surface area contributed by atoms with Gasteiger partial charge >= 0.3 is 0 Å². The van der Waals surface area contributed by atoms with Crippen molar-refractivity contribution in [2.75, 3.05) is 0 Å². The molecule has 0 aliphatic carbocycles. The Balaban J connectivity index is 1.33. The third-order valence-electron chi connectivity index (χ3n) is 7.09. The average molecular weight is 553 g/mol. The quantitative estimate of drug-likeness (QED) is 0.186. The van der Waals surface area contributed by atoms with E-state index in [1.54, 1.807) is 0 Å². The SMILES string of the molecule is C[n+]1ccn(-c2cccc(Oc3cc(-c4cc(-c5cccc(Oc6ccccc6)c5)ccn4)cc(C(C)(C)C)c3)c2)c1. The molecule has 5 heteroatoms. The van der Waals surface area contributed by atoms with Crippen molar-refractivity contribution >= 4 is 0 Å². The second kappa shape index (κ2) is 11.4. The normalized spacial score (nSPS) is 11.3. The first-order valence-corrected chi connectivity index (χ1v) is 14.1. The molecule has 6 rings (SSSR count). The maximum Gasteiger partial charge on any atom is 0.248 e. The number of aryl methyl sites for hydroxylation is 1. The van der Waals surface area contributed by atoms with Gasteiger partial charge in [-0.3, -0.25) is 4.98 Å². The van der Waals surface area contributed by atoms with E-state index in [1.165, 1.54) is 5.56 Å². The molecule has 42 heavy (non-hydrogen) atoms. The van der Waals surface area contributed by atoms with Crippen LogP contribution in [0.1, 0.15) is 26.3 Å². The fraction of sp³-hybridized carbons (Fsp3) is 0.135. The van der Waals surface area contributed by atoms with Crippen LogP contribution in [-0.4, -0.2) is 9.55 Å². The molecule has 0 radical (unpaired) electrons. The van der Waals surface area contributed by atoms with Crippen molar-refractivity contribution in [3.8, 4) is 51.1 Å². The van der Waals surface area contributed by atoms with Crippen molar-refractivity contribution in [2.24, 2.45) is 7.05 Å². The second-order valence-electron chi connectivity index (χ2n) is 11.5. The molecule has 0 aliphatic heterocycles. The van der Waals surface area contributed by atoms with Gasteiger partial charge in [0.05, 0.1) is 12.7 Å². The summed E-state index contributed by atoms with van der Waals surface area (Å²) in [7, 11) is 2.01. The van der Waals surface area contributed by atoms with Gasteiger partial charge in [-0.1, -0.05) is 57.2 Å². The summed E-state index contributed by atoms with van der Waals surface area (Å²) in [4.78, 5) is 4.76. The van der Waals surface area contributed by atoms with Gasteiger partial charge in [0.2, 0.25) is 6.33 Å². The van der Waals surface area contributed by atoms with E-state index in [4.69, 9.17) is 14.5 Å². The average Bonchev–Trinajstić information content (AvgIpc) is 3.44. The lowest BCUT2D eigenvalue weighted by Crippen LogP contribution is -2.23. The molecule has 0 aliphatic rings. The highest BCUT2D eigenvalue weighted by Crippen LogP contribution is 2.35. The maximum absolute atomic E-state index is 6.47. The first kappa shape index (κ1) is 27.0.